The van der Waals surface area contributed by atoms with E-state index >= 15 is 0 Å². The topological polar surface area (TPSA) is 50.4 Å². The maximum atomic E-state index is 11.7. The van der Waals surface area contributed by atoms with Gasteiger partial charge in [0.15, 0.2) is 0 Å². The van der Waals surface area contributed by atoms with Gasteiger partial charge in [0.05, 0.1) is 0 Å². The van der Waals surface area contributed by atoms with Crippen LogP contribution >= 0.6 is 0 Å². The number of nitrogens with one attached hydrogen (secondary N) is 2. The Morgan fingerprint density at radius 2 is 2.00 bits per heavy atom. The molecule has 2 rings (SSSR count). The summed E-state index contributed by atoms with van der Waals surface area (Å²) in [5, 5.41) is 6.28. The van der Waals surface area contributed by atoms with E-state index in [1.54, 1.807) is 0 Å². The number of benzene rings is 1. The highest BCUT2D eigenvalue weighted by Gasteiger charge is 2.29. The summed E-state index contributed by atoms with van der Waals surface area (Å²) >= 11 is 0. The van der Waals surface area contributed by atoms with Crippen molar-refractivity contribution in [1.29, 1.82) is 0 Å². The first-order valence-electron chi connectivity index (χ1n) is 7.18. The molecule has 20 heavy (non-hydrogen) atoms. The van der Waals surface area contributed by atoms with Gasteiger partial charge in [0, 0.05) is 25.6 Å². The lowest BCUT2D eigenvalue weighted by Crippen LogP contribution is -2.36. The number of ether oxygens (including phenoxy) is 1. The Hall–Kier alpha value is -1.55. The zero-order valence-corrected chi connectivity index (χ0v) is 12.5. The van der Waals surface area contributed by atoms with Crippen LogP contribution in [0.4, 0.5) is 4.79 Å². The molecule has 2 atom stereocenters. The maximum Gasteiger partial charge on any atom is 0.407 e. The van der Waals surface area contributed by atoms with Crippen LogP contribution in [-0.4, -0.2) is 31.3 Å². The third-order valence-electron chi connectivity index (χ3n) is 3.48. The zero-order valence-electron chi connectivity index (χ0n) is 12.5. The summed E-state index contributed by atoms with van der Waals surface area (Å²) in [5.74, 6) is 0.857. The zero-order chi connectivity index (χ0) is 14.6. The summed E-state index contributed by atoms with van der Waals surface area (Å²) in [4.78, 5) is 11.7. The lowest BCUT2D eigenvalue weighted by atomic mass is 9.89. The Bertz CT molecular complexity index is 440. The molecular weight excluding hydrogens is 252 g/mol. The highest BCUT2D eigenvalue weighted by Crippen LogP contribution is 2.27. The SMILES string of the molecule is CC(C)(C)OC(=O)NCC1CNCC1c1ccccc1. The Kier molecular flexibility index (Phi) is 4.65. The molecule has 2 unspecified atom stereocenters. The fourth-order valence-electron chi connectivity index (χ4n) is 2.57. The van der Waals surface area contributed by atoms with E-state index in [2.05, 4.69) is 34.9 Å². The lowest BCUT2D eigenvalue weighted by molar-refractivity contribution is 0.0519. The van der Waals surface area contributed by atoms with Crippen LogP contribution in [0.3, 0.4) is 0 Å². The Balaban J connectivity index is 1.88. The van der Waals surface area contributed by atoms with Crippen molar-refractivity contribution in [3.63, 3.8) is 0 Å². The molecule has 0 bridgehead atoms. The van der Waals surface area contributed by atoms with Gasteiger partial charge in [-0.15, -0.1) is 0 Å². The van der Waals surface area contributed by atoms with Crippen LogP contribution in [0, 0.1) is 5.92 Å². The summed E-state index contributed by atoms with van der Waals surface area (Å²) in [6.45, 7) is 8.14. The number of rotatable bonds is 3. The quantitative estimate of drug-likeness (QED) is 0.892. The van der Waals surface area contributed by atoms with Gasteiger partial charge in [-0.2, -0.15) is 0 Å². The number of carbonyl (C=O) groups excluding carboxylic acids is 1. The minimum absolute atomic E-state index is 0.337. The predicted molar refractivity (Wildman–Crippen MR) is 79.8 cm³/mol. The number of amides is 1. The van der Waals surface area contributed by atoms with Crippen molar-refractivity contribution in [2.75, 3.05) is 19.6 Å². The molecule has 1 fully saturated rings. The van der Waals surface area contributed by atoms with Gasteiger partial charge >= 0.3 is 6.09 Å². The van der Waals surface area contributed by atoms with Crippen LogP contribution < -0.4 is 10.6 Å². The van der Waals surface area contributed by atoms with E-state index in [1.165, 1.54) is 5.56 Å². The molecule has 0 radical (unpaired) electrons. The molecule has 2 N–H and O–H groups in total. The average molecular weight is 276 g/mol. The normalized spacial score (nSPS) is 22.6. The molecule has 1 heterocycles. The van der Waals surface area contributed by atoms with Gasteiger partial charge in [0.2, 0.25) is 0 Å². The van der Waals surface area contributed by atoms with E-state index in [1.807, 2.05) is 26.8 Å². The molecule has 1 amide bonds. The predicted octanol–water partition coefficient (Wildman–Crippen LogP) is 2.51. The molecule has 0 aliphatic carbocycles. The third kappa shape index (κ3) is 4.23. The van der Waals surface area contributed by atoms with Gasteiger partial charge in [-0.25, -0.2) is 4.79 Å². The van der Waals surface area contributed by atoms with Gasteiger partial charge in [0.1, 0.15) is 5.60 Å². The van der Waals surface area contributed by atoms with E-state index in [4.69, 9.17) is 4.74 Å². The number of carbonyl (C=O) groups is 1. The van der Waals surface area contributed by atoms with Crippen LogP contribution in [0.25, 0.3) is 0 Å². The highest BCUT2D eigenvalue weighted by molar-refractivity contribution is 5.67. The van der Waals surface area contributed by atoms with Crippen molar-refractivity contribution in [1.82, 2.24) is 10.6 Å². The Labute approximate surface area is 120 Å². The van der Waals surface area contributed by atoms with E-state index < -0.39 is 5.60 Å². The second kappa shape index (κ2) is 6.27. The first kappa shape index (κ1) is 14.9. The van der Waals surface area contributed by atoms with Crippen LogP contribution in [0.15, 0.2) is 30.3 Å². The van der Waals surface area contributed by atoms with Crippen LogP contribution in [-0.2, 0) is 4.74 Å². The highest BCUT2D eigenvalue weighted by atomic mass is 16.6. The van der Waals surface area contributed by atoms with Crippen LogP contribution in [0.1, 0.15) is 32.3 Å². The smallest absolute Gasteiger partial charge is 0.407 e. The van der Waals surface area contributed by atoms with Gasteiger partial charge in [-0.05, 0) is 32.3 Å². The first-order valence-corrected chi connectivity index (χ1v) is 7.18. The molecule has 110 valence electrons. The molecular formula is C16H24N2O2. The minimum atomic E-state index is -0.448. The summed E-state index contributed by atoms with van der Waals surface area (Å²) in [7, 11) is 0. The molecule has 1 aliphatic rings. The summed E-state index contributed by atoms with van der Waals surface area (Å²) < 4.78 is 5.27. The van der Waals surface area contributed by atoms with Gasteiger partial charge in [0.25, 0.3) is 0 Å². The summed E-state index contributed by atoms with van der Waals surface area (Å²) in [6.07, 6.45) is -0.337. The second-order valence-electron chi connectivity index (χ2n) is 6.32. The average Bonchev–Trinajstić information content (AvgIpc) is 2.83. The van der Waals surface area contributed by atoms with E-state index in [0.717, 1.165) is 13.1 Å². The number of alkyl carbamates (subject to hydrolysis) is 1. The monoisotopic (exact) mass is 276 g/mol. The van der Waals surface area contributed by atoms with Crippen molar-refractivity contribution < 1.29 is 9.53 Å². The van der Waals surface area contributed by atoms with E-state index in [0.29, 0.717) is 18.4 Å². The molecule has 1 saturated heterocycles. The molecule has 0 spiro atoms. The molecule has 4 heteroatoms. The molecule has 1 aliphatic heterocycles. The Morgan fingerprint density at radius 1 is 1.30 bits per heavy atom. The molecule has 0 aromatic heterocycles. The number of hydrogen-bond donors (Lipinski definition) is 2. The van der Waals surface area contributed by atoms with Gasteiger partial charge in [-0.3, -0.25) is 0 Å². The van der Waals surface area contributed by atoms with Crippen molar-refractivity contribution >= 4 is 6.09 Å². The largest absolute Gasteiger partial charge is 0.444 e. The maximum absolute atomic E-state index is 11.7. The molecule has 1 aromatic carbocycles. The molecule has 0 saturated carbocycles. The second-order valence-corrected chi connectivity index (χ2v) is 6.32. The van der Waals surface area contributed by atoms with Crippen molar-refractivity contribution in [3.8, 4) is 0 Å². The van der Waals surface area contributed by atoms with Crippen molar-refractivity contribution in [2.45, 2.75) is 32.3 Å². The van der Waals surface area contributed by atoms with Crippen LogP contribution in [0.2, 0.25) is 0 Å². The number of hydrogen-bond acceptors (Lipinski definition) is 3. The van der Waals surface area contributed by atoms with E-state index in [9.17, 15) is 4.79 Å². The van der Waals surface area contributed by atoms with Gasteiger partial charge in [-0.1, -0.05) is 30.3 Å². The van der Waals surface area contributed by atoms with Gasteiger partial charge < -0.3 is 15.4 Å². The van der Waals surface area contributed by atoms with E-state index in [-0.39, 0.29) is 6.09 Å². The summed E-state index contributed by atoms with van der Waals surface area (Å²) in [6, 6.07) is 10.5. The fraction of sp³-hybridized carbons (Fsp3) is 0.562. The standard InChI is InChI=1S/C16H24N2O2/c1-16(2,3)20-15(19)18-10-13-9-17-11-14(13)12-7-5-4-6-8-12/h4-8,13-14,17H,9-11H2,1-3H3,(H,18,19). The first-order chi connectivity index (χ1) is 9.46. The van der Waals surface area contributed by atoms with Crippen LogP contribution in [0.5, 0.6) is 0 Å². The lowest BCUT2D eigenvalue weighted by Gasteiger charge is -2.22. The Morgan fingerprint density at radius 3 is 2.65 bits per heavy atom. The fourth-order valence-corrected chi connectivity index (χ4v) is 2.57. The molecule has 4 nitrogen and oxygen atoms in total. The summed E-state index contributed by atoms with van der Waals surface area (Å²) in [5.41, 5.74) is 0.880. The minimum Gasteiger partial charge on any atom is -0.444 e. The van der Waals surface area contributed by atoms with Crippen molar-refractivity contribution in [3.05, 3.63) is 35.9 Å². The third-order valence-corrected chi connectivity index (χ3v) is 3.48. The molecule has 1 aromatic rings. The van der Waals surface area contributed by atoms with Crippen molar-refractivity contribution in [2.24, 2.45) is 5.92 Å².